The number of hydrogen-bond acceptors (Lipinski definition) is 1. The van der Waals surface area contributed by atoms with Crippen molar-refractivity contribution in [1.29, 1.82) is 0 Å². The van der Waals surface area contributed by atoms with Crippen molar-refractivity contribution in [3.63, 3.8) is 0 Å². The van der Waals surface area contributed by atoms with E-state index in [4.69, 9.17) is 4.74 Å². The lowest BCUT2D eigenvalue weighted by Crippen LogP contribution is -2.11. The van der Waals surface area contributed by atoms with E-state index in [0.29, 0.717) is 11.8 Å². The number of ether oxygens (including phenoxy) is 1. The molecule has 0 aliphatic heterocycles. The number of hydrogen-bond donors (Lipinski definition) is 0. The van der Waals surface area contributed by atoms with Gasteiger partial charge in [-0.3, -0.25) is 0 Å². The molecule has 0 N–H and O–H groups in total. The second kappa shape index (κ2) is 11.5. The molecule has 1 nitrogen and oxygen atoms in total. The van der Waals surface area contributed by atoms with Crippen LogP contribution in [0.15, 0.2) is 60.7 Å². The Kier molecular flexibility index (Phi) is 8.44. The Balaban J connectivity index is 1.45. The van der Waals surface area contributed by atoms with Gasteiger partial charge in [0.05, 0.1) is 6.61 Å². The Morgan fingerprint density at radius 3 is 2.28 bits per heavy atom. The van der Waals surface area contributed by atoms with E-state index < -0.39 is 0 Å². The molecule has 152 valence electrons. The van der Waals surface area contributed by atoms with Crippen molar-refractivity contribution in [2.75, 3.05) is 6.61 Å². The molecule has 0 bridgehead atoms. The van der Waals surface area contributed by atoms with Crippen molar-refractivity contribution in [2.24, 2.45) is 5.92 Å². The van der Waals surface area contributed by atoms with Gasteiger partial charge in [0.25, 0.3) is 0 Å². The molecule has 0 saturated heterocycles. The highest BCUT2D eigenvalue weighted by atomic mass is 16.5. The molecule has 0 unspecified atom stereocenters. The topological polar surface area (TPSA) is 9.23 Å². The number of allylic oxidation sites excluding steroid dienone is 2. The Labute approximate surface area is 177 Å². The first-order valence-electron chi connectivity index (χ1n) is 11.3. The fourth-order valence-electron chi connectivity index (χ4n) is 4.05. The number of benzene rings is 2. The molecule has 1 heteroatoms. The maximum absolute atomic E-state index is 5.70. The molecule has 1 fully saturated rings. The molecule has 2 aromatic carbocycles. The summed E-state index contributed by atoms with van der Waals surface area (Å²) in [6, 6.07) is 17.4. The minimum Gasteiger partial charge on any atom is -0.494 e. The van der Waals surface area contributed by atoms with E-state index in [-0.39, 0.29) is 0 Å². The highest BCUT2D eigenvalue weighted by molar-refractivity contribution is 5.38. The van der Waals surface area contributed by atoms with Gasteiger partial charge in [-0.1, -0.05) is 62.5 Å². The van der Waals surface area contributed by atoms with Crippen molar-refractivity contribution < 1.29 is 4.74 Å². The summed E-state index contributed by atoms with van der Waals surface area (Å²) in [5.41, 5.74) is 3.96. The summed E-state index contributed by atoms with van der Waals surface area (Å²) in [6.07, 6.45) is 12.8. The minimum absolute atomic E-state index is 0.666. The maximum atomic E-state index is 5.70. The smallest absolute Gasteiger partial charge is 0.119 e. The van der Waals surface area contributed by atoms with Gasteiger partial charge < -0.3 is 4.74 Å². The Morgan fingerprint density at radius 2 is 1.62 bits per heavy atom. The molecular formula is C28H34O. The Morgan fingerprint density at radius 1 is 0.897 bits per heavy atom. The van der Waals surface area contributed by atoms with Gasteiger partial charge in [0.1, 0.15) is 5.75 Å². The Bertz CT molecular complexity index is 809. The summed E-state index contributed by atoms with van der Waals surface area (Å²) in [4.78, 5) is 0. The molecule has 0 radical (unpaired) electrons. The van der Waals surface area contributed by atoms with Crippen LogP contribution in [0.5, 0.6) is 5.75 Å². The van der Waals surface area contributed by atoms with E-state index >= 15 is 0 Å². The largest absolute Gasteiger partial charge is 0.494 e. The van der Waals surface area contributed by atoms with Crippen LogP contribution in [0.25, 0.3) is 0 Å². The lowest BCUT2D eigenvalue weighted by atomic mass is 9.78. The molecule has 29 heavy (non-hydrogen) atoms. The molecule has 1 aliphatic carbocycles. The maximum Gasteiger partial charge on any atom is 0.119 e. The molecule has 2 aromatic rings. The quantitative estimate of drug-likeness (QED) is 0.453. The van der Waals surface area contributed by atoms with Crippen LogP contribution in [-0.4, -0.2) is 6.61 Å². The molecule has 1 saturated carbocycles. The summed E-state index contributed by atoms with van der Waals surface area (Å²) in [6.45, 7) is 5.15. The summed E-state index contributed by atoms with van der Waals surface area (Å²) in [7, 11) is 0. The van der Waals surface area contributed by atoms with Crippen LogP contribution in [0, 0.1) is 17.8 Å². The van der Waals surface area contributed by atoms with Crippen molar-refractivity contribution in [2.45, 2.75) is 64.7 Å². The first-order valence-corrected chi connectivity index (χ1v) is 11.3. The average Bonchev–Trinajstić information content (AvgIpc) is 2.77. The van der Waals surface area contributed by atoms with E-state index in [9.17, 15) is 0 Å². The molecule has 0 aromatic heterocycles. The molecule has 0 amide bonds. The summed E-state index contributed by atoms with van der Waals surface area (Å²) in [5.74, 6) is 8.83. The van der Waals surface area contributed by atoms with Gasteiger partial charge in [0.15, 0.2) is 0 Å². The van der Waals surface area contributed by atoms with E-state index in [1.165, 1.54) is 43.2 Å². The highest BCUT2D eigenvalue weighted by Crippen LogP contribution is 2.36. The van der Waals surface area contributed by atoms with Gasteiger partial charge in [-0.05, 0) is 91.8 Å². The molecule has 0 heterocycles. The van der Waals surface area contributed by atoms with Crippen LogP contribution >= 0.6 is 0 Å². The van der Waals surface area contributed by atoms with E-state index in [2.05, 4.69) is 86.4 Å². The van der Waals surface area contributed by atoms with Crippen molar-refractivity contribution in [1.82, 2.24) is 0 Å². The zero-order valence-electron chi connectivity index (χ0n) is 18.0. The third kappa shape index (κ3) is 6.82. The monoisotopic (exact) mass is 386 g/mol. The second-order valence-corrected chi connectivity index (χ2v) is 8.10. The molecule has 0 spiro atoms. The van der Waals surface area contributed by atoms with E-state index in [1.54, 1.807) is 0 Å². The van der Waals surface area contributed by atoms with Crippen molar-refractivity contribution in [3.05, 3.63) is 77.4 Å². The summed E-state index contributed by atoms with van der Waals surface area (Å²) < 4.78 is 5.70. The van der Waals surface area contributed by atoms with E-state index in [1.807, 2.05) is 0 Å². The third-order valence-corrected chi connectivity index (χ3v) is 5.76. The van der Waals surface area contributed by atoms with E-state index in [0.717, 1.165) is 30.8 Å². The lowest BCUT2D eigenvalue weighted by Gasteiger charge is -2.27. The van der Waals surface area contributed by atoms with Crippen molar-refractivity contribution in [3.8, 4) is 17.6 Å². The minimum atomic E-state index is 0.666. The molecule has 3 rings (SSSR count). The van der Waals surface area contributed by atoms with Crippen LogP contribution in [0.4, 0.5) is 0 Å². The number of rotatable bonds is 7. The standard InChI is InChI=1S/C28H34O/c1-3-7-23-10-12-24(13-11-23)8-5-6-9-25-14-16-26(17-15-25)27-18-20-28(21-19-27)29-22-4-2/h6,9-13,18-21,25-26H,3-4,7,14-17,22H2,1-2H3/b9-6+/t25-,26-. The van der Waals surface area contributed by atoms with Gasteiger partial charge in [-0.15, -0.1) is 0 Å². The zero-order chi connectivity index (χ0) is 20.3. The summed E-state index contributed by atoms with van der Waals surface area (Å²) in [5, 5.41) is 0. The van der Waals surface area contributed by atoms with Gasteiger partial charge in [0.2, 0.25) is 0 Å². The van der Waals surface area contributed by atoms with Crippen LogP contribution in [-0.2, 0) is 6.42 Å². The third-order valence-electron chi connectivity index (χ3n) is 5.76. The van der Waals surface area contributed by atoms with Gasteiger partial charge in [-0.2, -0.15) is 0 Å². The lowest BCUT2D eigenvalue weighted by molar-refractivity contribution is 0.317. The molecular weight excluding hydrogens is 352 g/mol. The fraction of sp³-hybridized carbons (Fsp3) is 0.429. The van der Waals surface area contributed by atoms with Crippen LogP contribution in [0.1, 0.15) is 75.0 Å². The SMILES string of the molecule is CCCOc1ccc([C@H]2CC[C@H](/C=C/C#Cc3ccc(CCC)cc3)CC2)cc1. The van der Waals surface area contributed by atoms with Crippen LogP contribution in [0.3, 0.4) is 0 Å². The van der Waals surface area contributed by atoms with Gasteiger partial charge >= 0.3 is 0 Å². The first-order chi connectivity index (χ1) is 14.3. The van der Waals surface area contributed by atoms with Gasteiger partial charge in [0, 0.05) is 5.56 Å². The van der Waals surface area contributed by atoms with Crippen molar-refractivity contribution >= 4 is 0 Å². The predicted molar refractivity (Wildman–Crippen MR) is 123 cm³/mol. The Hall–Kier alpha value is -2.46. The highest BCUT2D eigenvalue weighted by Gasteiger charge is 2.20. The van der Waals surface area contributed by atoms with Crippen LogP contribution in [0.2, 0.25) is 0 Å². The molecule has 1 aliphatic rings. The summed E-state index contributed by atoms with van der Waals surface area (Å²) >= 11 is 0. The second-order valence-electron chi connectivity index (χ2n) is 8.10. The zero-order valence-corrected chi connectivity index (χ0v) is 18.0. The normalized spacial score (nSPS) is 19.0. The fourth-order valence-corrected chi connectivity index (χ4v) is 4.05. The average molecular weight is 387 g/mol. The number of aryl methyl sites for hydroxylation is 1. The first kappa shape index (κ1) is 21.3. The predicted octanol–water partition coefficient (Wildman–Crippen LogP) is 7.31. The van der Waals surface area contributed by atoms with Crippen LogP contribution < -0.4 is 4.74 Å². The molecule has 0 atom stereocenters. The van der Waals surface area contributed by atoms with Gasteiger partial charge in [-0.25, -0.2) is 0 Å².